The molecule has 0 saturated carbocycles. The second-order valence-electron chi connectivity index (χ2n) is 5.08. The van der Waals surface area contributed by atoms with Gasteiger partial charge < -0.3 is 4.74 Å². The Kier molecular flexibility index (Phi) is 4.20. The van der Waals surface area contributed by atoms with E-state index in [1.165, 1.54) is 6.07 Å². The Morgan fingerprint density at radius 2 is 1.92 bits per heavy atom. The third-order valence-corrected chi connectivity index (χ3v) is 3.64. The Bertz CT molecular complexity index is 937. The predicted molar refractivity (Wildman–Crippen MR) is 90.4 cm³/mol. The zero-order valence-corrected chi connectivity index (χ0v) is 12.9. The molecule has 0 aliphatic rings. The lowest BCUT2D eigenvalue weighted by Crippen LogP contribution is -1.99. The number of rotatable bonds is 5. The molecule has 24 heavy (non-hydrogen) atoms. The Labute approximate surface area is 137 Å². The monoisotopic (exact) mass is 322 g/mol. The first-order valence-electron chi connectivity index (χ1n) is 7.41. The lowest BCUT2D eigenvalue weighted by molar-refractivity contribution is -0.383. The number of carbonyl (C=O) groups is 1. The Hall–Kier alpha value is -3.28. The summed E-state index contributed by atoms with van der Waals surface area (Å²) in [6, 6.07) is 14.0. The maximum Gasteiger partial charge on any atom is 0.305 e. The smallest absolute Gasteiger partial charge is 0.305 e. The molecule has 0 atom stereocenters. The molecule has 120 valence electrons. The van der Waals surface area contributed by atoms with Crippen molar-refractivity contribution < 1.29 is 14.5 Å². The van der Waals surface area contributed by atoms with Crippen molar-refractivity contribution in [2.45, 2.75) is 6.92 Å². The Morgan fingerprint density at radius 1 is 1.17 bits per heavy atom. The molecule has 0 radical (unpaired) electrons. The van der Waals surface area contributed by atoms with E-state index < -0.39 is 4.92 Å². The van der Waals surface area contributed by atoms with Crippen molar-refractivity contribution in [1.29, 1.82) is 0 Å². The first-order chi connectivity index (χ1) is 11.7. The molecule has 2 aromatic carbocycles. The highest BCUT2D eigenvalue weighted by Gasteiger charge is 2.20. The van der Waals surface area contributed by atoms with Crippen molar-refractivity contribution in [2.24, 2.45) is 0 Å². The van der Waals surface area contributed by atoms with Gasteiger partial charge in [0.15, 0.2) is 6.29 Å². The average Bonchev–Trinajstić information content (AvgIpc) is 2.60. The molecule has 0 saturated heterocycles. The highest BCUT2D eigenvalue weighted by Crippen LogP contribution is 2.33. The minimum atomic E-state index is -0.572. The van der Waals surface area contributed by atoms with Crippen LogP contribution in [-0.4, -0.2) is 22.8 Å². The van der Waals surface area contributed by atoms with Crippen molar-refractivity contribution in [1.82, 2.24) is 4.98 Å². The van der Waals surface area contributed by atoms with Crippen LogP contribution in [0.4, 0.5) is 5.69 Å². The number of benzene rings is 2. The van der Waals surface area contributed by atoms with E-state index in [4.69, 9.17) is 4.74 Å². The molecule has 1 aromatic heterocycles. The number of aldehydes is 1. The van der Waals surface area contributed by atoms with E-state index in [9.17, 15) is 14.9 Å². The fourth-order valence-corrected chi connectivity index (χ4v) is 2.59. The average molecular weight is 322 g/mol. The van der Waals surface area contributed by atoms with Gasteiger partial charge in [0, 0.05) is 10.9 Å². The second-order valence-corrected chi connectivity index (χ2v) is 5.08. The highest BCUT2D eigenvalue weighted by atomic mass is 16.6. The maximum atomic E-state index is 11.4. The molecule has 0 amide bonds. The minimum Gasteiger partial charge on any atom is -0.493 e. The van der Waals surface area contributed by atoms with Crippen LogP contribution >= 0.6 is 0 Å². The molecule has 0 fully saturated rings. The molecule has 0 aliphatic carbocycles. The number of hydrogen-bond acceptors (Lipinski definition) is 5. The van der Waals surface area contributed by atoms with E-state index in [1.54, 1.807) is 18.2 Å². The quantitative estimate of drug-likeness (QED) is 0.402. The van der Waals surface area contributed by atoms with Gasteiger partial charge in [0.2, 0.25) is 0 Å². The molecule has 6 heteroatoms. The van der Waals surface area contributed by atoms with Crippen molar-refractivity contribution >= 4 is 22.9 Å². The summed E-state index contributed by atoms with van der Waals surface area (Å²) in [5.74, 6) is 0.654. The molecule has 3 rings (SSSR count). The third kappa shape index (κ3) is 2.69. The van der Waals surface area contributed by atoms with E-state index >= 15 is 0 Å². The molecular formula is C18H14N2O4. The molecule has 0 unspecified atom stereocenters. The van der Waals surface area contributed by atoms with Crippen LogP contribution in [0.25, 0.3) is 22.2 Å². The fourth-order valence-electron chi connectivity index (χ4n) is 2.59. The van der Waals surface area contributed by atoms with E-state index in [0.717, 1.165) is 5.56 Å². The van der Waals surface area contributed by atoms with Crippen molar-refractivity contribution in [2.75, 3.05) is 6.61 Å². The number of aromatic nitrogens is 1. The van der Waals surface area contributed by atoms with Gasteiger partial charge in [-0.15, -0.1) is 0 Å². The lowest BCUT2D eigenvalue weighted by Gasteiger charge is -2.10. The van der Waals surface area contributed by atoms with Crippen LogP contribution in [0, 0.1) is 10.1 Å². The molecular weight excluding hydrogens is 308 g/mol. The number of nitro benzene ring substituents is 1. The zero-order valence-electron chi connectivity index (χ0n) is 12.9. The fraction of sp³-hybridized carbons (Fsp3) is 0.111. The van der Waals surface area contributed by atoms with Crippen LogP contribution in [0.15, 0.2) is 48.5 Å². The Balaban J connectivity index is 2.27. The number of para-hydroxylation sites is 1. The summed E-state index contributed by atoms with van der Waals surface area (Å²) in [4.78, 5) is 26.4. The van der Waals surface area contributed by atoms with Crippen LogP contribution in [0.2, 0.25) is 0 Å². The number of nitro groups is 1. The topological polar surface area (TPSA) is 82.3 Å². The summed E-state index contributed by atoms with van der Waals surface area (Å²) in [6.45, 7) is 2.38. The van der Waals surface area contributed by atoms with E-state index in [-0.39, 0.29) is 16.8 Å². The van der Waals surface area contributed by atoms with Gasteiger partial charge in [-0.1, -0.05) is 24.3 Å². The zero-order chi connectivity index (χ0) is 17.1. The lowest BCUT2D eigenvalue weighted by atomic mass is 10.1. The largest absolute Gasteiger partial charge is 0.493 e. The van der Waals surface area contributed by atoms with Crippen LogP contribution in [0.1, 0.15) is 17.3 Å². The molecule has 3 aromatic rings. The van der Waals surface area contributed by atoms with Gasteiger partial charge in [0.25, 0.3) is 0 Å². The van der Waals surface area contributed by atoms with Gasteiger partial charge >= 0.3 is 5.69 Å². The van der Waals surface area contributed by atoms with Gasteiger partial charge in [0.1, 0.15) is 11.3 Å². The number of ether oxygens (including phenoxy) is 1. The minimum absolute atomic E-state index is 0.00948. The standard InChI is InChI=1S/C18H14N2O4/c1-2-24-16-6-4-3-5-14(16)15-10-9-12-7-8-13(11-21)18(20(22)23)17(12)19-15/h3-11H,2H2,1H3. The number of hydrogen-bond donors (Lipinski definition) is 0. The van der Waals surface area contributed by atoms with Crippen LogP contribution in [-0.2, 0) is 0 Å². The number of fused-ring (bicyclic) bond motifs is 1. The van der Waals surface area contributed by atoms with Crippen LogP contribution in [0.3, 0.4) is 0 Å². The Morgan fingerprint density at radius 3 is 2.62 bits per heavy atom. The molecule has 0 bridgehead atoms. The summed E-state index contributed by atoms with van der Waals surface area (Å²) in [7, 11) is 0. The SMILES string of the molecule is CCOc1ccccc1-c1ccc2ccc(C=O)c([N+](=O)[O-])c2n1. The van der Waals surface area contributed by atoms with E-state index in [1.807, 2.05) is 31.2 Å². The molecule has 6 nitrogen and oxygen atoms in total. The first kappa shape index (κ1) is 15.6. The van der Waals surface area contributed by atoms with Gasteiger partial charge in [-0.2, -0.15) is 0 Å². The highest BCUT2D eigenvalue weighted by molar-refractivity contribution is 5.97. The molecule has 0 spiro atoms. The molecule has 0 N–H and O–H groups in total. The van der Waals surface area contributed by atoms with Crippen molar-refractivity contribution in [3.63, 3.8) is 0 Å². The van der Waals surface area contributed by atoms with Gasteiger partial charge in [0.05, 0.1) is 22.8 Å². The van der Waals surface area contributed by atoms with E-state index in [2.05, 4.69) is 4.98 Å². The number of carbonyl (C=O) groups excluding carboxylic acids is 1. The van der Waals surface area contributed by atoms with Gasteiger partial charge in [-0.05, 0) is 31.2 Å². The molecule has 0 aliphatic heterocycles. The van der Waals surface area contributed by atoms with Crippen LogP contribution in [0.5, 0.6) is 5.75 Å². The molecule has 1 heterocycles. The van der Waals surface area contributed by atoms with Gasteiger partial charge in [-0.3, -0.25) is 14.9 Å². The number of nitrogens with zero attached hydrogens (tertiary/aromatic N) is 2. The second kappa shape index (κ2) is 6.45. The van der Waals surface area contributed by atoms with E-state index in [0.29, 0.717) is 29.7 Å². The third-order valence-electron chi connectivity index (χ3n) is 3.64. The van der Waals surface area contributed by atoms with Crippen LogP contribution < -0.4 is 4.74 Å². The summed E-state index contributed by atoms with van der Waals surface area (Å²) >= 11 is 0. The van der Waals surface area contributed by atoms with Crippen molar-refractivity contribution in [3.05, 3.63) is 64.2 Å². The normalized spacial score (nSPS) is 10.5. The summed E-state index contributed by atoms with van der Waals surface area (Å²) < 4.78 is 5.60. The summed E-state index contributed by atoms with van der Waals surface area (Å²) in [5, 5.41) is 12.0. The maximum absolute atomic E-state index is 11.4. The van der Waals surface area contributed by atoms with Crippen molar-refractivity contribution in [3.8, 4) is 17.0 Å². The van der Waals surface area contributed by atoms with Gasteiger partial charge in [-0.25, -0.2) is 4.98 Å². The summed E-state index contributed by atoms with van der Waals surface area (Å²) in [6.07, 6.45) is 0.472. The number of pyridine rings is 1. The first-order valence-corrected chi connectivity index (χ1v) is 7.41. The predicted octanol–water partition coefficient (Wildman–Crippen LogP) is 4.02. The summed E-state index contributed by atoms with van der Waals surface area (Å²) in [5.41, 5.74) is 1.21.